The van der Waals surface area contributed by atoms with Crippen LogP contribution in [0.25, 0.3) is 20.8 Å². The van der Waals surface area contributed by atoms with Crippen LogP contribution >= 0.6 is 43.2 Å². The lowest BCUT2D eigenvalue weighted by molar-refractivity contribution is 0.102. The fourth-order valence-electron chi connectivity index (χ4n) is 3.16. The number of halogens is 2. The number of fused-ring (bicyclic) bond motifs is 1. The number of hydrogen-bond acceptors (Lipinski definition) is 3. The molecule has 0 bridgehead atoms. The van der Waals surface area contributed by atoms with E-state index in [1.165, 1.54) is 5.56 Å². The molecule has 0 radical (unpaired) electrons. The highest BCUT2D eigenvalue weighted by Crippen LogP contribution is 2.40. The molecule has 30 heavy (non-hydrogen) atoms. The second kappa shape index (κ2) is 8.25. The fourth-order valence-corrected chi connectivity index (χ4v) is 5.48. The van der Waals surface area contributed by atoms with E-state index in [1.807, 2.05) is 54.6 Å². The van der Waals surface area contributed by atoms with E-state index >= 15 is 0 Å². The third-order valence-electron chi connectivity index (χ3n) is 4.83. The number of rotatable bonds is 3. The quantitative estimate of drug-likeness (QED) is 0.284. The summed E-state index contributed by atoms with van der Waals surface area (Å²) in [4.78, 5) is 17.8. The molecule has 0 atom stereocenters. The Balaban J connectivity index is 1.71. The van der Waals surface area contributed by atoms with Gasteiger partial charge in [0.2, 0.25) is 0 Å². The lowest BCUT2D eigenvalue weighted by Crippen LogP contribution is -2.15. The number of aromatic nitrogens is 1. The highest BCUT2D eigenvalue weighted by molar-refractivity contribution is 9.11. The summed E-state index contributed by atoms with van der Waals surface area (Å²) >= 11 is 8.78. The molecular formula is C24H20Br2N2OS. The Hall–Kier alpha value is -2.02. The van der Waals surface area contributed by atoms with Gasteiger partial charge in [0.15, 0.2) is 0 Å². The van der Waals surface area contributed by atoms with Gasteiger partial charge in [-0.3, -0.25) is 4.79 Å². The largest absolute Gasteiger partial charge is 0.320 e. The monoisotopic (exact) mass is 542 g/mol. The van der Waals surface area contributed by atoms with Gasteiger partial charge in [0, 0.05) is 20.1 Å². The van der Waals surface area contributed by atoms with Crippen LogP contribution < -0.4 is 5.32 Å². The number of nitrogens with one attached hydrogen (secondary N) is 1. The van der Waals surface area contributed by atoms with Gasteiger partial charge >= 0.3 is 0 Å². The van der Waals surface area contributed by atoms with Crippen molar-refractivity contribution >= 4 is 65.0 Å². The van der Waals surface area contributed by atoms with Gasteiger partial charge in [-0.05, 0) is 63.3 Å². The molecule has 152 valence electrons. The van der Waals surface area contributed by atoms with Crippen LogP contribution in [0.3, 0.4) is 0 Å². The standard InChI is InChI=1S/C24H20Br2N2OS/c1-24(2,3)15-10-8-14(9-11-15)22(29)28-21-17(12-16(25)13-18(21)26)23-27-19-6-4-5-7-20(19)30-23/h4-13H,1-3H3,(H,28,29). The summed E-state index contributed by atoms with van der Waals surface area (Å²) in [6, 6.07) is 19.7. The Morgan fingerprint density at radius 2 is 1.70 bits per heavy atom. The Bertz CT molecular complexity index is 1210. The van der Waals surface area contributed by atoms with Gasteiger partial charge in [-0.2, -0.15) is 0 Å². The van der Waals surface area contributed by atoms with Crippen LogP contribution in [0.15, 0.2) is 69.6 Å². The first-order valence-electron chi connectivity index (χ1n) is 9.49. The van der Waals surface area contributed by atoms with E-state index in [0.29, 0.717) is 11.3 Å². The predicted molar refractivity (Wildman–Crippen MR) is 134 cm³/mol. The summed E-state index contributed by atoms with van der Waals surface area (Å²) in [6.07, 6.45) is 0. The normalized spacial score (nSPS) is 11.6. The number of nitrogens with zero attached hydrogens (tertiary/aromatic N) is 1. The van der Waals surface area contributed by atoms with Gasteiger partial charge < -0.3 is 5.32 Å². The summed E-state index contributed by atoms with van der Waals surface area (Å²) < 4.78 is 2.82. The van der Waals surface area contributed by atoms with Crippen LogP contribution in [-0.4, -0.2) is 10.9 Å². The molecule has 0 fully saturated rings. The second-order valence-corrected chi connectivity index (χ2v) is 10.9. The summed E-state index contributed by atoms with van der Waals surface area (Å²) in [6.45, 7) is 6.47. The first-order chi connectivity index (χ1) is 14.2. The minimum Gasteiger partial charge on any atom is -0.320 e. The predicted octanol–water partition coefficient (Wildman–Crippen LogP) is 8.04. The van der Waals surface area contributed by atoms with Crippen molar-refractivity contribution in [3.63, 3.8) is 0 Å². The van der Waals surface area contributed by atoms with Crippen molar-refractivity contribution < 1.29 is 4.79 Å². The van der Waals surface area contributed by atoms with Gasteiger partial charge in [-0.25, -0.2) is 4.98 Å². The maximum Gasteiger partial charge on any atom is 0.255 e. The Morgan fingerprint density at radius 3 is 2.37 bits per heavy atom. The molecule has 0 saturated carbocycles. The molecule has 1 heterocycles. The van der Waals surface area contributed by atoms with E-state index in [0.717, 1.165) is 29.7 Å². The van der Waals surface area contributed by atoms with E-state index in [4.69, 9.17) is 4.98 Å². The third-order valence-corrected chi connectivity index (χ3v) is 6.98. The van der Waals surface area contributed by atoms with Gasteiger partial charge in [0.25, 0.3) is 5.91 Å². The number of anilines is 1. The van der Waals surface area contributed by atoms with Crippen LogP contribution in [0.5, 0.6) is 0 Å². The molecule has 1 amide bonds. The van der Waals surface area contributed by atoms with Gasteiger partial charge in [-0.1, -0.05) is 61.0 Å². The highest BCUT2D eigenvalue weighted by Gasteiger charge is 2.19. The molecule has 0 aliphatic rings. The van der Waals surface area contributed by atoms with E-state index in [2.05, 4.69) is 64.0 Å². The van der Waals surface area contributed by atoms with Crippen molar-refractivity contribution in [1.29, 1.82) is 0 Å². The van der Waals surface area contributed by atoms with E-state index < -0.39 is 0 Å². The summed E-state index contributed by atoms with van der Waals surface area (Å²) in [7, 11) is 0. The number of benzene rings is 3. The number of carbonyl (C=O) groups excluding carboxylic acids is 1. The molecule has 0 saturated heterocycles. The zero-order valence-electron chi connectivity index (χ0n) is 16.8. The van der Waals surface area contributed by atoms with E-state index in [1.54, 1.807) is 11.3 Å². The highest BCUT2D eigenvalue weighted by atomic mass is 79.9. The average molecular weight is 544 g/mol. The molecule has 1 aromatic heterocycles. The van der Waals surface area contributed by atoms with Crippen LogP contribution in [0, 0.1) is 0 Å². The van der Waals surface area contributed by atoms with Crippen molar-refractivity contribution in [2.45, 2.75) is 26.2 Å². The molecule has 0 aliphatic carbocycles. The molecule has 3 aromatic carbocycles. The number of amides is 1. The minimum absolute atomic E-state index is 0.0454. The van der Waals surface area contributed by atoms with Gasteiger partial charge in [0.05, 0.1) is 15.9 Å². The van der Waals surface area contributed by atoms with Gasteiger partial charge in [0.1, 0.15) is 5.01 Å². The number of para-hydroxylation sites is 1. The second-order valence-electron chi connectivity index (χ2n) is 8.08. The van der Waals surface area contributed by atoms with Crippen LogP contribution in [0.1, 0.15) is 36.7 Å². The Morgan fingerprint density at radius 1 is 1.00 bits per heavy atom. The maximum absolute atomic E-state index is 13.0. The first kappa shape index (κ1) is 21.2. The summed E-state index contributed by atoms with van der Waals surface area (Å²) in [5.74, 6) is -0.152. The molecule has 6 heteroatoms. The van der Waals surface area contributed by atoms with E-state index in [-0.39, 0.29) is 11.3 Å². The summed E-state index contributed by atoms with van der Waals surface area (Å²) in [5.41, 5.74) is 4.39. The van der Waals surface area contributed by atoms with Crippen molar-refractivity contribution in [3.05, 3.63) is 80.7 Å². The minimum atomic E-state index is -0.152. The zero-order valence-corrected chi connectivity index (χ0v) is 20.8. The molecule has 1 N–H and O–H groups in total. The first-order valence-corrected chi connectivity index (χ1v) is 11.9. The van der Waals surface area contributed by atoms with Crippen molar-refractivity contribution in [3.8, 4) is 10.6 Å². The molecular weight excluding hydrogens is 524 g/mol. The Kier molecular flexibility index (Phi) is 5.84. The van der Waals surface area contributed by atoms with E-state index in [9.17, 15) is 4.79 Å². The topological polar surface area (TPSA) is 42.0 Å². The number of carbonyl (C=O) groups is 1. The molecule has 0 spiro atoms. The smallest absolute Gasteiger partial charge is 0.255 e. The number of thiazole rings is 1. The lowest BCUT2D eigenvalue weighted by atomic mass is 9.87. The number of hydrogen-bond donors (Lipinski definition) is 1. The van der Waals surface area contributed by atoms with Crippen molar-refractivity contribution in [2.75, 3.05) is 5.32 Å². The van der Waals surface area contributed by atoms with Gasteiger partial charge in [-0.15, -0.1) is 11.3 Å². The molecule has 0 aliphatic heterocycles. The maximum atomic E-state index is 13.0. The van der Waals surface area contributed by atoms with Crippen molar-refractivity contribution in [2.24, 2.45) is 0 Å². The molecule has 4 rings (SSSR count). The molecule has 0 unspecified atom stereocenters. The average Bonchev–Trinajstić information content (AvgIpc) is 3.13. The lowest BCUT2D eigenvalue weighted by Gasteiger charge is -2.19. The molecule has 4 aromatic rings. The van der Waals surface area contributed by atoms with Crippen molar-refractivity contribution in [1.82, 2.24) is 4.98 Å². The van der Waals surface area contributed by atoms with Crippen LogP contribution in [0.4, 0.5) is 5.69 Å². The molecule has 3 nitrogen and oxygen atoms in total. The third kappa shape index (κ3) is 4.36. The zero-order chi connectivity index (χ0) is 21.5. The van der Waals surface area contributed by atoms with Crippen LogP contribution in [0.2, 0.25) is 0 Å². The SMILES string of the molecule is CC(C)(C)c1ccc(C(=O)Nc2c(Br)cc(Br)cc2-c2nc3ccccc3s2)cc1. The summed E-state index contributed by atoms with van der Waals surface area (Å²) in [5, 5.41) is 3.94. The Labute approximate surface area is 196 Å². The fraction of sp³-hybridized carbons (Fsp3) is 0.167. The van der Waals surface area contributed by atoms with Crippen LogP contribution in [-0.2, 0) is 5.41 Å².